The highest BCUT2D eigenvalue weighted by Gasteiger charge is 2.25. The number of rotatable bonds is 6. The van der Waals surface area contributed by atoms with Crippen molar-refractivity contribution < 1.29 is 4.79 Å². The van der Waals surface area contributed by atoms with Crippen LogP contribution in [0.2, 0.25) is 0 Å². The van der Waals surface area contributed by atoms with E-state index in [9.17, 15) is 14.9 Å². The molecule has 2 heterocycles. The Kier molecular flexibility index (Phi) is 5.10. The number of thiophene rings is 1. The molecule has 126 valence electrons. The van der Waals surface area contributed by atoms with Crippen molar-refractivity contribution in [2.24, 2.45) is 0 Å². The van der Waals surface area contributed by atoms with Crippen LogP contribution in [-0.4, -0.2) is 15.8 Å². The summed E-state index contributed by atoms with van der Waals surface area (Å²) in [7, 11) is 0. The molecule has 1 atom stereocenters. The van der Waals surface area contributed by atoms with Crippen LogP contribution in [0.5, 0.6) is 0 Å². The van der Waals surface area contributed by atoms with E-state index in [0.717, 1.165) is 50.5 Å². The molecule has 0 aliphatic heterocycles. The SMILES string of the molecule is CCCCCC(=O)C(C#N)c1nc2sc3c(c2c(=O)[nH]1)CCCC3. The fourth-order valence-corrected chi connectivity index (χ4v) is 4.57. The number of Topliss-reactive ketones (excluding diaryl/α,β-unsaturated/α-hetero) is 1. The van der Waals surface area contributed by atoms with Crippen molar-refractivity contribution in [3.05, 3.63) is 26.6 Å². The highest BCUT2D eigenvalue weighted by Crippen LogP contribution is 2.34. The van der Waals surface area contributed by atoms with Gasteiger partial charge >= 0.3 is 0 Å². The first-order chi connectivity index (χ1) is 11.7. The molecule has 1 N–H and O–H groups in total. The van der Waals surface area contributed by atoms with E-state index in [0.29, 0.717) is 16.6 Å². The second-order valence-electron chi connectivity index (χ2n) is 6.33. The van der Waals surface area contributed by atoms with Crippen molar-refractivity contribution in [1.29, 1.82) is 5.26 Å². The minimum atomic E-state index is -0.974. The van der Waals surface area contributed by atoms with Gasteiger partial charge in [-0.3, -0.25) is 9.59 Å². The van der Waals surface area contributed by atoms with Gasteiger partial charge in [0, 0.05) is 11.3 Å². The number of carbonyl (C=O) groups excluding carboxylic acids is 1. The maximum atomic E-state index is 12.5. The van der Waals surface area contributed by atoms with E-state index < -0.39 is 5.92 Å². The fourth-order valence-electron chi connectivity index (χ4n) is 3.30. The molecule has 0 radical (unpaired) electrons. The number of aromatic amines is 1. The van der Waals surface area contributed by atoms with E-state index >= 15 is 0 Å². The number of ketones is 1. The van der Waals surface area contributed by atoms with Crippen molar-refractivity contribution in [2.45, 2.75) is 64.2 Å². The average Bonchev–Trinajstić information content (AvgIpc) is 2.94. The van der Waals surface area contributed by atoms with Crippen LogP contribution in [-0.2, 0) is 17.6 Å². The molecule has 2 aromatic heterocycles. The zero-order valence-corrected chi connectivity index (χ0v) is 14.7. The lowest BCUT2D eigenvalue weighted by Gasteiger charge is -2.10. The van der Waals surface area contributed by atoms with Gasteiger partial charge in [0.05, 0.1) is 11.5 Å². The average molecular weight is 343 g/mol. The van der Waals surface area contributed by atoms with Gasteiger partial charge in [0.15, 0.2) is 11.7 Å². The molecule has 0 amide bonds. The monoisotopic (exact) mass is 343 g/mol. The first kappa shape index (κ1) is 16.8. The summed E-state index contributed by atoms with van der Waals surface area (Å²) in [5.74, 6) is -0.928. The summed E-state index contributed by atoms with van der Waals surface area (Å²) in [5.41, 5.74) is 0.903. The minimum Gasteiger partial charge on any atom is -0.308 e. The number of hydrogen-bond donors (Lipinski definition) is 1. The van der Waals surface area contributed by atoms with Crippen molar-refractivity contribution in [1.82, 2.24) is 9.97 Å². The molecular weight excluding hydrogens is 322 g/mol. The lowest BCUT2D eigenvalue weighted by molar-refractivity contribution is -0.119. The van der Waals surface area contributed by atoms with Crippen molar-refractivity contribution >= 4 is 27.3 Å². The van der Waals surface area contributed by atoms with Crippen LogP contribution in [0.15, 0.2) is 4.79 Å². The second-order valence-corrected chi connectivity index (χ2v) is 7.41. The molecule has 5 nitrogen and oxygen atoms in total. The molecule has 0 saturated heterocycles. The number of unbranched alkanes of at least 4 members (excludes halogenated alkanes) is 2. The van der Waals surface area contributed by atoms with Gasteiger partial charge < -0.3 is 4.98 Å². The van der Waals surface area contributed by atoms with E-state index in [-0.39, 0.29) is 17.2 Å². The van der Waals surface area contributed by atoms with Gasteiger partial charge in [0.25, 0.3) is 5.56 Å². The smallest absolute Gasteiger partial charge is 0.259 e. The fraction of sp³-hybridized carbons (Fsp3) is 0.556. The Labute approximate surface area is 144 Å². The van der Waals surface area contributed by atoms with Gasteiger partial charge in [0.1, 0.15) is 10.7 Å². The topological polar surface area (TPSA) is 86.6 Å². The Morgan fingerprint density at radius 3 is 2.92 bits per heavy atom. The number of nitrogens with zero attached hydrogens (tertiary/aromatic N) is 2. The molecule has 1 aliphatic rings. The number of nitrogens with one attached hydrogen (secondary N) is 1. The van der Waals surface area contributed by atoms with Crippen LogP contribution in [0.3, 0.4) is 0 Å². The molecule has 24 heavy (non-hydrogen) atoms. The Hall–Kier alpha value is -2.00. The largest absolute Gasteiger partial charge is 0.308 e. The molecule has 0 bridgehead atoms. The molecular formula is C18H21N3O2S. The summed E-state index contributed by atoms with van der Waals surface area (Å²) in [6.45, 7) is 2.07. The highest BCUT2D eigenvalue weighted by molar-refractivity contribution is 7.18. The number of carbonyl (C=O) groups is 1. The van der Waals surface area contributed by atoms with Crippen LogP contribution in [0.25, 0.3) is 10.2 Å². The van der Waals surface area contributed by atoms with Gasteiger partial charge in [-0.05, 0) is 37.7 Å². The Bertz CT molecular complexity index is 859. The molecule has 0 aromatic carbocycles. The summed E-state index contributed by atoms with van der Waals surface area (Å²) in [6, 6.07) is 2.02. The molecule has 6 heteroatoms. The quantitative estimate of drug-likeness (QED) is 0.812. The van der Waals surface area contributed by atoms with Crippen LogP contribution in [0.1, 0.15) is 67.6 Å². The Morgan fingerprint density at radius 1 is 1.38 bits per heavy atom. The summed E-state index contributed by atoms with van der Waals surface area (Å²) in [6.07, 6.45) is 7.25. The minimum absolute atomic E-state index is 0.158. The molecule has 0 spiro atoms. The number of aryl methyl sites for hydroxylation is 2. The van der Waals surface area contributed by atoms with Gasteiger partial charge in [-0.25, -0.2) is 4.98 Å². The predicted molar refractivity (Wildman–Crippen MR) is 94.4 cm³/mol. The molecule has 1 unspecified atom stereocenters. The second kappa shape index (κ2) is 7.27. The van der Waals surface area contributed by atoms with Crippen LogP contribution < -0.4 is 5.56 Å². The van der Waals surface area contributed by atoms with Crippen LogP contribution in [0, 0.1) is 11.3 Å². The summed E-state index contributed by atoms with van der Waals surface area (Å²) in [5, 5.41) is 10.1. The molecule has 2 aromatic rings. The van der Waals surface area contributed by atoms with Crippen LogP contribution >= 0.6 is 11.3 Å². The standard InChI is InChI=1S/C18H21N3O2S/c1-2-3-4-8-13(22)12(10-19)16-20-17(23)15-11-7-5-6-9-14(11)24-18(15)21-16/h12H,2-9H2,1H3,(H,20,21,23). The van der Waals surface area contributed by atoms with E-state index in [1.807, 2.05) is 6.07 Å². The number of hydrogen-bond acceptors (Lipinski definition) is 5. The Morgan fingerprint density at radius 2 is 2.17 bits per heavy atom. The Balaban J connectivity index is 1.96. The first-order valence-electron chi connectivity index (χ1n) is 8.62. The predicted octanol–water partition coefficient (Wildman–Crippen LogP) is 3.62. The van der Waals surface area contributed by atoms with E-state index in [1.54, 1.807) is 0 Å². The number of nitriles is 1. The molecule has 0 fully saturated rings. The van der Waals surface area contributed by atoms with Gasteiger partial charge in [-0.2, -0.15) is 5.26 Å². The van der Waals surface area contributed by atoms with Crippen LogP contribution in [0.4, 0.5) is 0 Å². The van der Waals surface area contributed by atoms with Crippen molar-refractivity contribution in [3.8, 4) is 6.07 Å². The lowest BCUT2D eigenvalue weighted by atomic mass is 9.97. The van der Waals surface area contributed by atoms with E-state index in [2.05, 4.69) is 16.9 Å². The zero-order valence-electron chi connectivity index (χ0n) is 13.9. The molecule has 1 aliphatic carbocycles. The van der Waals surface area contributed by atoms with Crippen molar-refractivity contribution in [2.75, 3.05) is 0 Å². The lowest BCUT2D eigenvalue weighted by Crippen LogP contribution is -2.19. The van der Waals surface area contributed by atoms with Crippen molar-refractivity contribution in [3.63, 3.8) is 0 Å². The summed E-state index contributed by atoms with van der Waals surface area (Å²) >= 11 is 1.54. The van der Waals surface area contributed by atoms with Gasteiger partial charge in [-0.15, -0.1) is 11.3 Å². The molecule has 3 rings (SSSR count). The summed E-state index contributed by atoms with van der Waals surface area (Å²) in [4.78, 5) is 33.9. The normalized spacial score (nSPS) is 15.0. The summed E-state index contributed by atoms with van der Waals surface area (Å²) < 4.78 is 0. The molecule has 0 saturated carbocycles. The number of fused-ring (bicyclic) bond motifs is 3. The number of H-pyrrole nitrogens is 1. The third kappa shape index (κ3) is 3.13. The number of aromatic nitrogens is 2. The third-order valence-corrected chi connectivity index (χ3v) is 5.78. The van der Waals surface area contributed by atoms with E-state index in [1.165, 1.54) is 16.2 Å². The van der Waals surface area contributed by atoms with E-state index in [4.69, 9.17) is 0 Å². The maximum absolute atomic E-state index is 12.5. The highest BCUT2D eigenvalue weighted by atomic mass is 32.1. The zero-order chi connectivity index (χ0) is 17.1. The van der Waals surface area contributed by atoms with Gasteiger partial charge in [-0.1, -0.05) is 19.8 Å². The van der Waals surface area contributed by atoms with Gasteiger partial charge in [0.2, 0.25) is 0 Å². The maximum Gasteiger partial charge on any atom is 0.259 e. The first-order valence-corrected chi connectivity index (χ1v) is 9.44. The third-order valence-electron chi connectivity index (χ3n) is 4.59.